The van der Waals surface area contributed by atoms with Crippen LogP contribution in [0.1, 0.15) is 23.9 Å². The average Bonchev–Trinajstić information content (AvgIpc) is 2.79. The van der Waals surface area contributed by atoms with E-state index in [0.29, 0.717) is 5.75 Å². The van der Waals surface area contributed by atoms with E-state index in [4.69, 9.17) is 0 Å². The maximum Gasteiger partial charge on any atom is 0.234 e. The molecular formula is C15H20N4OS. The number of anilines is 1. The van der Waals surface area contributed by atoms with Crippen molar-refractivity contribution < 1.29 is 4.79 Å². The number of thioether (sulfide) groups is 1. The molecule has 1 aromatic carbocycles. The minimum Gasteiger partial charge on any atom is -0.325 e. The van der Waals surface area contributed by atoms with Crippen molar-refractivity contribution in [3.8, 4) is 0 Å². The second kappa shape index (κ2) is 6.76. The molecule has 1 amide bonds. The number of para-hydroxylation sites is 1. The van der Waals surface area contributed by atoms with Gasteiger partial charge < -0.3 is 9.88 Å². The van der Waals surface area contributed by atoms with E-state index in [1.165, 1.54) is 11.8 Å². The van der Waals surface area contributed by atoms with Crippen LogP contribution in [-0.4, -0.2) is 26.4 Å². The third kappa shape index (κ3) is 3.64. The largest absolute Gasteiger partial charge is 0.325 e. The molecule has 0 saturated heterocycles. The number of carbonyl (C=O) groups is 1. The van der Waals surface area contributed by atoms with Gasteiger partial charge in [-0.25, -0.2) is 0 Å². The summed E-state index contributed by atoms with van der Waals surface area (Å²) in [5.74, 6) is 1.14. The average molecular weight is 304 g/mol. The van der Waals surface area contributed by atoms with Crippen molar-refractivity contribution in [1.82, 2.24) is 14.8 Å². The van der Waals surface area contributed by atoms with Gasteiger partial charge in [0.05, 0.1) is 5.75 Å². The Morgan fingerprint density at radius 2 is 2.10 bits per heavy atom. The molecule has 112 valence electrons. The van der Waals surface area contributed by atoms with Crippen molar-refractivity contribution >= 4 is 23.4 Å². The molecule has 1 N–H and O–H groups in total. The Morgan fingerprint density at radius 1 is 1.33 bits per heavy atom. The van der Waals surface area contributed by atoms with Crippen molar-refractivity contribution in [2.75, 3.05) is 11.1 Å². The fraction of sp³-hybridized carbons (Fsp3) is 0.400. The smallest absolute Gasteiger partial charge is 0.234 e. The lowest BCUT2D eigenvalue weighted by Gasteiger charge is -2.12. The molecule has 1 heterocycles. The van der Waals surface area contributed by atoms with Crippen LogP contribution < -0.4 is 5.32 Å². The minimum atomic E-state index is -0.0235. The Labute approximate surface area is 129 Å². The van der Waals surface area contributed by atoms with Crippen molar-refractivity contribution in [2.24, 2.45) is 7.05 Å². The standard InChI is InChI=1S/C15H20N4OS/c1-5-12-8-6-7-10(2)14(12)16-13(20)9-21-15-18-17-11(3)19(15)4/h6-8H,5,9H2,1-4H3,(H,16,20). The van der Waals surface area contributed by atoms with Crippen molar-refractivity contribution in [3.05, 3.63) is 35.2 Å². The first-order valence-electron chi connectivity index (χ1n) is 6.90. The lowest BCUT2D eigenvalue weighted by atomic mass is 10.1. The summed E-state index contributed by atoms with van der Waals surface area (Å²) in [4.78, 5) is 12.1. The van der Waals surface area contributed by atoms with Gasteiger partial charge in [-0.1, -0.05) is 36.9 Å². The molecule has 6 heteroatoms. The van der Waals surface area contributed by atoms with E-state index in [-0.39, 0.29) is 5.91 Å². The normalized spacial score (nSPS) is 10.7. The van der Waals surface area contributed by atoms with Crippen LogP contribution >= 0.6 is 11.8 Å². The van der Waals surface area contributed by atoms with E-state index in [9.17, 15) is 4.79 Å². The molecule has 2 aromatic rings. The molecule has 0 aliphatic carbocycles. The lowest BCUT2D eigenvalue weighted by molar-refractivity contribution is -0.113. The number of hydrogen-bond donors (Lipinski definition) is 1. The van der Waals surface area contributed by atoms with Gasteiger partial charge in [0.1, 0.15) is 5.82 Å². The van der Waals surface area contributed by atoms with Crippen LogP contribution in [0, 0.1) is 13.8 Å². The van der Waals surface area contributed by atoms with Gasteiger partial charge in [0.15, 0.2) is 5.16 Å². The quantitative estimate of drug-likeness (QED) is 0.863. The SMILES string of the molecule is CCc1cccc(C)c1NC(=O)CSc1nnc(C)n1C. The fourth-order valence-electron chi connectivity index (χ4n) is 2.02. The maximum absolute atomic E-state index is 12.1. The highest BCUT2D eigenvalue weighted by molar-refractivity contribution is 7.99. The minimum absolute atomic E-state index is 0.0235. The first-order chi connectivity index (χ1) is 10.0. The number of aryl methyl sites for hydroxylation is 3. The van der Waals surface area contributed by atoms with E-state index in [1.807, 2.05) is 43.7 Å². The van der Waals surface area contributed by atoms with Gasteiger partial charge in [-0.05, 0) is 31.4 Å². The number of amides is 1. The molecule has 1 aromatic heterocycles. The second-order valence-electron chi connectivity index (χ2n) is 4.89. The van der Waals surface area contributed by atoms with Crippen LogP contribution in [0.2, 0.25) is 0 Å². The van der Waals surface area contributed by atoms with Crippen molar-refractivity contribution in [3.63, 3.8) is 0 Å². The Hall–Kier alpha value is -1.82. The number of aromatic nitrogens is 3. The molecule has 0 radical (unpaired) electrons. The van der Waals surface area contributed by atoms with Crippen LogP contribution in [-0.2, 0) is 18.3 Å². The van der Waals surface area contributed by atoms with E-state index in [0.717, 1.165) is 34.2 Å². The third-order valence-corrected chi connectivity index (χ3v) is 4.41. The topological polar surface area (TPSA) is 59.8 Å². The lowest BCUT2D eigenvalue weighted by Crippen LogP contribution is -2.16. The monoisotopic (exact) mass is 304 g/mol. The molecule has 0 aliphatic rings. The third-order valence-electron chi connectivity index (χ3n) is 3.39. The summed E-state index contributed by atoms with van der Waals surface area (Å²) < 4.78 is 1.88. The molecule has 0 unspecified atom stereocenters. The summed E-state index contributed by atoms with van der Waals surface area (Å²) in [5.41, 5.74) is 3.17. The van der Waals surface area contributed by atoms with Crippen LogP contribution in [0.3, 0.4) is 0 Å². The highest BCUT2D eigenvalue weighted by Gasteiger charge is 2.11. The molecular weight excluding hydrogens is 284 g/mol. The molecule has 0 spiro atoms. The Balaban J connectivity index is 2.01. The van der Waals surface area contributed by atoms with Crippen molar-refractivity contribution in [1.29, 1.82) is 0 Å². The van der Waals surface area contributed by atoms with Gasteiger partial charge >= 0.3 is 0 Å². The molecule has 2 rings (SSSR count). The molecule has 0 atom stereocenters. The van der Waals surface area contributed by atoms with E-state index in [2.05, 4.69) is 22.4 Å². The Kier molecular flexibility index (Phi) is 5.01. The van der Waals surface area contributed by atoms with Crippen LogP contribution in [0.25, 0.3) is 0 Å². The predicted molar refractivity (Wildman–Crippen MR) is 85.7 cm³/mol. The zero-order valence-corrected chi connectivity index (χ0v) is 13.6. The summed E-state index contributed by atoms with van der Waals surface area (Å²) >= 11 is 1.39. The summed E-state index contributed by atoms with van der Waals surface area (Å²) in [6.45, 7) is 5.98. The number of hydrogen-bond acceptors (Lipinski definition) is 4. The van der Waals surface area contributed by atoms with Gasteiger partial charge in [-0.3, -0.25) is 4.79 Å². The Morgan fingerprint density at radius 3 is 2.71 bits per heavy atom. The summed E-state index contributed by atoms with van der Waals surface area (Å²) in [6.07, 6.45) is 0.896. The van der Waals surface area contributed by atoms with Crippen LogP contribution in [0.4, 0.5) is 5.69 Å². The van der Waals surface area contributed by atoms with Gasteiger partial charge in [0.25, 0.3) is 0 Å². The van der Waals surface area contributed by atoms with E-state index < -0.39 is 0 Å². The number of nitrogens with zero attached hydrogens (tertiary/aromatic N) is 3. The molecule has 21 heavy (non-hydrogen) atoms. The zero-order valence-electron chi connectivity index (χ0n) is 12.8. The number of benzene rings is 1. The molecule has 0 saturated carbocycles. The number of nitrogens with one attached hydrogen (secondary N) is 1. The molecule has 0 aliphatic heterocycles. The predicted octanol–water partition coefficient (Wildman–Crippen LogP) is 2.73. The first kappa shape index (κ1) is 15.6. The summed E-state index contributed by atoms with van der Waals surface area (Å²) in [6, 6.07) is 6.07. The number of rotatable bonds is 5. The van der Waals surface area contributed by atoms with Crippen molar-refractivity contribution in [2.45, 2.75) is 32.3 Å². The number of carbonyl (C=O) groups excluding carboxylic acids is 1. The van der Waals surface area contributed by atoms with Crippen LogP contribution in [0.15, 0.2) is 23.4 Å². The highest BCUT2D eigenvalue weighted by atomic mass is 32.2. The molecule has 0 bridgehead atoms. The van der Waals surface area contributed by atoms with E-state index in [1.54, 1.807) is 0 Å². The maximum atomic E-state index is 12.1. The summed E-state index contributed by atoms with van der Waals surface area (Å²) in [5, 5.41) is 11.8. The molecule has 5 nitrogen and oxygen atoms in total. The fourth-order valence-corrected chi connectivity index (χ4v) is 2.78. The van der Waals surface area contributed by atoms with Gasteiger partial charge in [0.2, 0.25) is 5.91 Å². The van der Waals surface area contributed by atoms with Crippen LogP contribution in [0.5, 0.6) is 0 Å². The second-order valence-corrected chi connectivity index (χ2v) is 5.83. The summed E-state index contributed by atoms with van der Waals surface area (Å²) in [7, 11) is 1.89. The van der Waals surface area contributed by atoms with Gasteiger partial charge in [-0.15, -0.1) is 10.2 Å². The first-order valence-corrected chi connectivity index (χ1v) is 7.88. The van der Waals surface area contributed by atoms with Gasteiger partial charge in [0, 0.05) is 12.7 Å². The van der Waals surface area contributed by atoms with E-state index >= 15 is 0 Å². The molecule has 0 fully saturated rings. The highest BCUT2D eigenvalue weighted by Crippen LogP contribution is 2.22. The Bertz CT molecular complexity index is 651. The van der Waals surface area contributed by atoms with Gasteiger partial charge in [-0.2, -0.15) is 0 Å². The zero-order chi connectivity index (χ0) is 15.4.